The highest BCUT2D eigenvalue weighted by Crippen LogP contribution is 2.30. The molecular formula is C13H15ClO2. The van der Waals surface area contributed by atoms with Crippen molar-refractivity contribution < 1.29 is 9.53 Å². The number of hydrogen-bond acceptors (Lipinski definition) is 2. The monoisotopic (exact) mass is 238 g/mol. The second kappa shape index (κ2) is 4.88. The molecule has 16 heavy (non-hydrogen) atoms. The predicted molar refractivity (Wildman–Crippen MR) is 64.3 cm³/mol. The van der Waals surface area contributed by atoms with Gasteiger partial charge in [0.25, 0.3) is 0 Å². The zero-order chi connectivity index (χ0) is 11.5. The fraction of sp³-hybridized carbons (Fsp3) is 0.462. The van der Waals surface area contributed by atoms with Gasteiger partial charge in [0, 0.05) is 17.0 Å². The highest BCUT2D eigenvalue weighted by atomic mass is 35.5. The standard InChI is InChI=1S/C13H15ClO2/c1-2-13(15)10-5-11(14)7-12(6-10)16-8-9-3-4-9/h5-7,9H,2-4,8H2,1H3. The first-order chi connectivity index (χ1) is 7.69. The van der Waals surface area contributed by atoms with Gasteiger partial charge in [-0.25, -0.2) is 0 Å². The van der Waals surface area contributed by atoms with E-state index < -0.39 is 0 Å². The molecule has 0 aromatic heterocycles. The molecule has 1 aromatic carbocycles. The van der Waals surface area contributed by atoms with Gasteiger partial charge in [-0.1, -0.05) is 18.5 Å². The van der Waals surface area contributed by atoms with Crippen LogP contribution in [-0.4, -0.2) is 12.4 Å². The summed E-state index contributed by atoms with van der Waals surface area (Å²) in [5.41, 5.74) is 0.640. The Morgan fingerprint density at radius 1 is 1.44 bits per heavy atom. The van der Waals surface area contributed by atoms with E-state index in [-0.39, 0.29) is 5.78 Å². The van der Waals surface area contributed by atoms with Gasteiger partial charge < -0.3 is 4.74 Å². The summed E-state index contributed by atoms with van der Waals surface area (Å²) in [4.78, 5) is 11.6. The molecule has 0 N–H and O–H groups in total. The normalized spacial score (nSPS) is 14.9. The highest BCUT2D eigenvalue weighted by molar-refractivity contribution is 6.31. The molecule has 0 saturated heterocycles. The topological polar surface area (TPSA) is 26.3 Å². The Morgan fingerprint density at radius 3 is 2.81 bits per heavy atom. The molecule has 1 aromatic rings. The Hall–Kier alpha value is -1.02. The summed E-state index contributed by atoms with van der Waals surface area (Å²) in [6, 6.07) is 5.23. The third-order valence-electron chi connectivity index (χ3n) is 2.70. The number of carbonyl (C=O) groups is 1. The van der Waals surface area contributed by atoms with Crippen LogP contribution in [0, 0.1) is 5.92 Å². The van der Waals surface area contributed by atoms with Gasteiger partial charge in [0.15, 0.2) is 5.78 Å². The molecule has 0 radical (unpaired) electrons. The Balaban J connectivity index is 2.10. The highest BCUT2D eigenvalue weighted by Gasteiger charge is 2.22. The van der Waals surface area contributed by atoms with Gasteiger partial charge in [-0.15, -0.1) is 0 Å². The average molecular weight is 239 g/mol. The van der Waals surface area contributed by atoms with E-state index in [1.54, 1.807) is 18.2 Å². The number of rotatable bonds is 5. The van der Waals surface area contributed by atoms with Gasteiger partial charge in [-0.2, -0.15) is 0 Å². The van der Waals surface area contributed by atoms with E-state index in [2.05, 4.69) is 0 Å². The minimum Gasteiger partial charge on any atom is -0.493 e. The molecule has 1 fully saturated rings. The molecule has 2 rings (SSSR count). The van der Waals surface area contributed by atoms with Crippen LogP contribution in [0.1, 0.15) is 36.5 Å². The first-order valence-electron chi connectivity index (χ1n) is 5.65. The average Bonchev–Trinajstić information content (AvgIpc) is 3.08. The maximum atomic E-state index is 11.6. The van der Waals surface area contributed by atoms with Crippen LogP contribution < -0.4 is 4.74 Å². The van der Waals surface area contributed by atoms with E-state index in [0.717, 1.165) is 6.61 Å². The minimum atomic E-state index is 0.0961. The second-order valence-electron chi connectivity index (χ2n) is 4.21. The van der Waals surface area contributed by atoms with Gasteiger partial charge in [0.05, 0.1) is 6.61 Å². The number of halogens is 1. The molecule has 0 atom stereocenters. The van der Waals surface area contributed by atoms with E-state index in [4.69, 9.17) is 16.3 Å². The molecular weight excluding hydrogens is 224 g/mol. The van der Waals surface area contributed by atoms with Gasteiger partial charge >= 0.3 is 0 Å². The van der Waals surface area contributed by atoms with Crippen LogP contribution in [0.4, 0.5) is 0 Å². The van der Waals surface area contributed by atoms with E-state index in [0.29, 0.717) is 28.7 Å². The van der Waals surface area contributed by atoms with Crippen molar-refractivity contribution >= 4 is 17.4 Å². The molecule has 0 aliphatic heterocycles. The van der Waals surface area contributed by atoms with Crippen molar-refractivity contribution in [2.45, 2.75) is 26.2 Å². The van der Waals surface area contributed by atoms with Crippen LogP contribution in [0.25, 0.3) is 0 Å². The van der Waals surface area contributed by atoms with E-state index >= 15 is 0 Å². The lowest BCUT2D eigenvalue weighted by Gasteiger charge is -2.07. The predicted octanol–water partition coefficient (Wildman–Crippen LogP) is 3.72. The first-order valence-corrected chi connectivity index (χ1v) is 6.03. The van der Waals surface area contributed by atoms with Gasteiger partial charge in [-0.3, -0.25) is 4.79 Å². The van der Waals surface area contributed by atoms with E-state index in [1.165, 1.54) is 12.8 Å². The van der Waals surface area contributed by atoms with Crippen molar-refractivity contribution in [3.05, 3.63) is 28.8 Å². The maximum absolute atomic E-state index is 11.6. The van der Waals surface area contributed by atoms with Crippen molar-refractivity contribution in [3.63, 3.8) is 0 Å². The Labute approximate surface area is 101 Å². The number of ketones is 1. The lowest BCUT2D eigenvalue weighted by molar-refractivity contribution is 0.0987. The number of ether oxygens (including phenoxy) is 1. The summed E-state index contributed by atoms with van der Waals surface area (Å²) in [6.45, 7) is 2.58. The van der Waals surface area contributed by atoms with Crippen molar-refractivity contribution in [2.24, 2.45) is 5.92 Å². The van der Waals surface area contributed by atoms with Crippen molar-refractivity contribution in [3.8, 4) is 5.75 Å². The third kappa shape index (κ3) is 2.99. The SMILES string of the molecule is CCC(=O)c1cc(Cl)cc(OCC2CC2)c1. The van der Waals surface area contributed by atoms with Crippen molar-refractivity contribution in [1.29, 1.82) is 0 Å². The number of carbonyl (C=O) groups excluding carboxylic acids is 1. The van der Waals surface area contributed by atoms with E-state index in [9.17, 15) is 4.79 Å². The Morgan fingerprint density at radius 2 is 2.19 bits per heavy atom. The number of hydrogen-bond donors (Lipinski definition) is 0. The quantitative estimate of drug-likeness (QED) is 0.731. The molecule has 0 bridgehead atoms. The molecule has 0 spiro atoms. The lowest BCUT2D eigenvalue weighted by atomic mass is 10.1. The maximum Gasteiger partial charge on any atom is 0.162 e. The molecule has 1 aliphatic carbocycles. The summed E-state index contributed by atoms with van der Waals surface area (Å²) in [5, 5.41) is 0.560. The summed E-state index contributed by atoms with van der Waals surface area (Å²) >= 11 is 5.95. The number of benzene rings is 1. The first kappa shape index (κ1) is 11.5. The lowest BCUT2D eigenvalue weighted by Crippen LogP contribution is -2.01. The molecule has 2 nitrogen and oxygen atoms in total. The molecule has 3 heteroatoms. The van der Waals surface area contributed by atoms with E-state index in [1.807, 2.05) is 6.92 Å². The molecule has 0 heterocycles. The Bertz CT molecular complexity index is 397. The minimum absolute atomic E-state index is 0.0961. The summed E-state index contributed by atoms with van der Waals surface area (Å²) in [7, 11) is 0. The summed E-state index contributed by atoms with van der Waals surface area (Å²) < 4.78 is 5.61. The van der Waals surface area contributed by atoms with Crippen LogP contribution in [0.5, 0.6) is 5.75 Å². The number of Topliss-reactive ketones (excluding diaryl/α,β-unsaturated/α-hetero) is 1. The molecule has 1 saturated carbocycles. The molecule has 1 aliphatic rings. The molecule has 0 amide bonds. The van der Waals surface area contributed by atoms with Crippen LogP contribution >= 0.6 is 11.6 Å². The fourth-order valence-corrected chi connectivity index (χ4v) is 1.73. The second-order valence-corrected chi connectivity index (χ2v) is 4.64. The zero-order valence-electron chi connectivity index (χ0n) is 9.33. The Kier molecular flexibility index (Phi) is 3.49. The molecule has 86 valence electrons. The fourth-order valence-electron chi connectivity index (χ4n) is 1.51. The van der Waals surface area contributed by atoms with Gasteiger partial charge in [0.1, 0.15) is 5.75 Å². The smallest absolute Gasteiger partial charge is 0.162 e. The zero-order valence-corrected chi connectivity index (χ0v) is 10.1. The van der Waals surface area contributed by atoms with Crippen LogP contribution in [0.2, 0.25) is 5.02 Å². The van der Waals surface area contributed by atoms with Crippen molar-refractivity contribution in [2.75, 3.05) is 6.61 Å². The molecule has 0 unspecified atom stereocenters. The van der Waals surface area contributed by atoms with Crippen LogP contribution in [0.15, 0.2) is 18.2 Å². The van der Waals surface area contributed by atoms with Crippen LogP contribution in [-0.2, 0) is 0 Å². The summed E-state index contributed by atoms with van der Waals surface area (Å²) in [5.74, 6) is 1.50. The largest absolute Gasteiger partial charge is 0.493 e. The van der Waals surface area contributed by atoms with Gasteiger partial charge in [0.2, 0.25) is 0 Å². The van der Waals surface area contributed by atoms with Crippen LogP contribution in [0.3, 0.4) is 0 Å². The third-order valence-corrected chi connectivity index (χ3v) is 2.92. The van der Waals surface area contributed by atoms with Gasteiger partial charge in [-0.05, 0) is 37.0 Å². The summed E-state index contributed by atoms with van der Waals surface area (Å²) in [6.07, 6.45) is 2.99. The van der Waals surface area contributed by atoms with Crippen molar-refractivity contribution in [1.82, 2.24) is 0 Å².